The second kappa shape index (κ2) is 9.09. The van der Waals surface area contributed by atoms with Crippen molar-refractivity contribution in [2.75, 3.05) is 7.11 Å². The Bertz CT molecular complexity index is 1370. The highest BCUT2D eigenvalue weighted by Crippen LogP contribution is 2.25. The minimum Gasteiger partial charge on any atom is -0.496 e. The maximum atomic E-state index is 13.5. The topological polar surface area (TPSA) is 61.2 Å². The molecule has 4 rings (SSSR count). The van der Waals surface area contributed by atoms with Gasteiger partial charge in [-0.2, -0.15) is 0 Å². The van der Waals surface area contributed by atoms with Crippen LogP contribution in [0.5, 0.6) is 5.75 Å². The molecule has 0 bridgehead atoms. The highest BCUT2D eigenvalue weighted by molar-refractivity contribution is 7.18. The Labute approximate surface area is 191 Å². The second-order valence-electron chi connectivity index (χ2n) is 7.92. The summed E-state index contributed by atoms with van der Waals surface area (Å²) >= 11 is 1.53. The van der Waals surface area contributed by atoms with Crippen LogP contribution in [0.1, 0.15) is 44.7 Å². The van der Waals surface area contributed by atoms with Gasteiger partial charge in [-0.05, 0) is 49.6 Å². The van der Waals surface area contributed by atoms with Crippen LogP contribution >= 0.6 is 11.3 Å². The molecule has 2 aromatic carbocycles. The van der Waals surface area contributed by atoms with Crippen LogP contribution in [0.15, 0.2) is 53.3 Å². The summed E-state index contributed by atoms with van der Waals surface area (Å²) in [6.45, 7) is 6.00. The molecule has 0 radical (unpaired) electrons. The fraction of sp³-hybridized carbons (Fsp3) is 0.269. The smallest absolute Gasteiger partial charge is 0.262 e. The first-order valence-corrected chi connectivity index (χ1v) is 11.5. The predicted octanol–water partition coefficient (Wildman–Crippen LogP) is 5.12. The Kier molecular flexibility index (Phi) is 6.24. The number of hydrogen-bond acceptors (Lipinski definition) is 5. The molecule has 0 unspecified atom stereocenters. The van der Waals surface area contributed by atoms with E-state index >= 15 is 0 Å². The van der Waals surface area contributed by atoms with E-state index in [9.17, 15) is 9.59 Å². The Hall–Kier alpha value is -3.25. The van der Waals surface area contributed by atoms with E-state index in [2.05, 4.69) is 6.92 Å². The number of hydrogen-bond donors (Lipinski definition) is 0. The van der Waals surface area contributed by atoms with Gasteiger partial charge in [0.15, 0.2) is 5.78 Å². The molecule has 2 aromatic heterocycles. The average molecular weight is 447 g/mol. The number of fused-ring (bicyclic) bond motifs is 1. The third-order valence-electron chi connectivity index (χ3n) is 5.80. The summed E-state index contributed by atoms with van der Waals surface area (Å²) in [6, 6.07) is 15.2. The molecule has 0 amide bonds. The molecule has 0 atom stereocenters. The molecule has 0 aliphatic rings. The highest BCUT2D eigenvalue weighted by atomic mass is 32.1. The van der Waals surface area contributed by atoms with E-state index in [1.54, 1.807) is 7.11 Å². The molecule has 0 fully saturated rings. The average Bonchev–Trinajstić information content (AvgIpc) is 3.22. The number of Topliss-reactive ketones (excluding diaryl/α,β-unsaturated/α-hetero) is 1. The molecule has 6 heteroatoms. The standard InChI is InChI=1S/C26H26N2O3S/c1-5-20-14-21-25(32-20)27-24(13-19-8-6-7-9-23(19)31-4)28(26(21)30)15-22(29)18-11-10-16(2)17(3)12-18/h6-12,14H,5,13,15H2,1-4H3. The fourth-order valence-corrected chi connectivity index (χ4v) is 4.73. The Morgan fingerprint density at radius 2 is 1.88 bits per heavy atom. The fourth-order valence-electron chi connectivity index (χ4n) is 3.75. The van der Waals surface area contributed by atoms with E-state index in [4.69, 9.17) is 9.72 Å². The molecule has 0 spiro atoms. The first-order chi connectivity index (χ1) is 15.4. The summed E-state index contributed by atoms with van der Waals surface area (Å²) < 4.78 is 7.02. The molecule has 0 aliphatic carbocycles. The quantitative estimate of drug-likeness (QED) is 0.370. The van der Waals surface area contributed by atoms with E-state index in [0.717, 1.165) is 33.7 Å². The third-order valence-corrected chi connectivity index (χ3v) is 6.97. The van der Waals surface area contributed by atoms with Crippen molar-refractivity contribution in [1.29, 1.82) is 0 Å². The van der Waals surface area contributed by atoms with Crippen LogP contribution in [0.2, 0.25) is 0 Å². The predicted molar refractivity (Wildman–Crippen MR) is 129 cm³/mol. The van der Waals surface area contributed by atoms with Gasteiger partial charge < -0.3 is 4.74 Å². The van der Waals surface area contributed by atoms with Crippen LogP contribution in [0.4, 0.5) is 0 Å². The molecule has 0 saturated heterocycles. The number of aromatic nitrogens is 2. The zero-order valence-corrected chi connectivity index (χ0v) is 19.6. The van der Waals surface area contributed by atoms with Gasteiger partial charge >= 0.3 is 0 Å². The summed E-state index contributed by atoms with van der Waals surface area (Å²) in [4.78, 5) is 33.2. The molecule has 164 valence electrons. The maximum absolute atomic E-state index is 13.5. The van der Waals surface area contributed by atoms with Crippen LogP contribution in [0.25, 0.3) is 10.2 Å². The largest absolute Gasteiger partial charge is 0.496 e. The number of ether oxygens (including phenoxy) is 1. The van der Waals surface area contributed by atoms with Crippen molar-refractivity contribution in [3.8, 4) is 5.75 Å². The van der Waals surface area contributed by atoms with Crippen molar-refractivity contribution in [2.45, 2.75) is 40.2 Å². The monoisotopic (exact) mass is 446 g/mol. The number of benzene rings is 2. The maximum Gasteiger partial charge on any atom is 0.262 e. The van der Waals surface area contributed by atoms with E-state index in [-0.39, 0.29) is 17.9 Å². The molecule has 0 aliphatic heterocycles. The Morgan fingerprint density at radius 3 is 2.59 bits per heavy atom. The number of methoxy groups -OCH3 is 1. The first-order valence-electron chi connectivity index (χ1n) is 10.7. The van der Waals surface area contributed by atoms with E-state index in [1.165, 1.54) is 15.9 Å². The molecule has 32 heavy (non-hydrogen) atoms. The minimum atomic E-state index is -0.173. The summed E-state index contributed by atoms with van der Waals surface area (Å²) in [6.07, 6.45) is 1.23. The van der Waals surface area contributed by atoms with Crippen molar-refractivity contribution in [1.82, 2.24) is 9.55 Å². The van der Waals surface area contributed by atoms with Crippen molar-refractivity contribution < 1.29 is 9.53 Å². The number of rotatable bonds is 7. The molecule has 4 aromatic rings. The molecular weight excluding hydrogens is 420 g/mol. The van der Waals surface area contributed by atoms with Crippen molar-refractivity contribution in [2.24, 2.45) is 0 Å². The summed E-state index contributed by atoms with van der Waals surface area (Å²) in [5, 5.41) is 0.573. The van der Waals surface area contributed by atoms with Gasteiger partial charge in [-0.1, -0.05) is 37.3 Å². The number of ketones is 1. The lowest BCUT2D eigenvalue weighted by Crippen LogP contribution is -2.28. The number of para-hydroxylation sites is 1. The third kappa shape index (κ3) is 4.23. The van der Waals surface area contributed by atoms with Gasteiger partial charge in [-0.15, -0.1) is 11.3 Å². The lowest BCUT2D eigenvalue weighted by atomic mass is 10.0. The molecule has 5 nitrogen and oxygen atoms in total. The van der Waals surface area contributed by atoms with Crippen molar-refractivity contribution in [3.05, 3.63) is 91.8 Å². The van der Waals surface area contributed by atoms with Crippen LogP contribution in [0.3, 0.4) is 0 Å². The second-order valence-corrected chi connectivity index (χ2v) is 9.03. The van der Waals surface area contributed by atoms with Gasteiger partial charge in [0.05, 0.1) is 19.0 Å². The first kappa shape index (κ1) is 22.0. The Morgan fingerprint density at radius 1 is 1.09 bits per heavy atom. The molecular formula is C26H26N2O3S. The van der Waals surface area contributed by atoms with Gasteiger partial charge in [0.1, 0.15) is 16.4 Å². The Balaban J connectivity index is 1.82. The van der Waals surface area contributed by atoms with Gasteiger partial charge in [0.25, 0.3) is 5.56 Å². The van der Waals surface area contributed by atoms with Gasteiger partial charge in [-0.3, -0.25) is 14.2 Å². The summed E-state index contributed by atoms with van der Waals surface area (Å²) in [5.41, 5.74) is 3.53. The van der Waals surface area contributed by atoms with Gasteiger partial charge in [0, 0.05) is 22.4 Å². The van der Waals surface area contributed by atoms with Crippen LogP contribution in [0, 0.1) is 13.8 Å². The number of carbonyl (C=O) groups excluding carboxylic acids is 1. The zero-order valence-electron chi connectivity index (χ0n) is 18.8. The SMILES string of the molecule is CCc1cc2c(=O)n(CC(=O)c3ccc(C)c(C)c3)c(Cc3ccccc3OC)nc2s1. The van der Waals surface area contributed by atoms with E-state index in [0.29, 0.717) is 28.0 Å². The van der Waals surface area contributed by atoms with Crippen LogP contribution < -0.4 is 10.3 Å². The molecule has 0 N–H and O–H groups in total. The van der Waals surface area contributed by atoms with Crippen LogP contribution in [-0.2, 0) is 19.4 Å². The minimum absolute atomic E-state index is 0.0495. The van der Waals surface area contributed by atoms with Crippen molar-refractivity contribution >= 4 is 27.3 Å². The van der Waals surface area contributed by atoms with E-state index in [1.807, 2.05) is 62.4 Å². The molecule has 0 saturated carbocycles. The lowest BCUT2D eigenvalue weighted by molar-refractivity contribution is 0.0969. The number of nitrogens with zero attached hydrogens (tertiary/aromatic N) is 2. The van der Waals surface area contributed by atoms with Gasteiger partial charge in [0.2, 0.25) is 0 Å². The summed E-state index contributed by atoms with van der Waals surface area (Å²) in [7, 11) is 1.62. The lowest BCUT2D eigenvalue weighted by Gasteiger charge is -2.14. The normalized spacial score (nSPS) is 11.1. The molecule has 2 heterocycles. The van der Waals surface area contributed by atoms with Crippen molar-refractivity contribution in [3.63, 3.8) is 0 Å². The summed E-state index contributed by atoms with van der Waals surface area (Å²) in [5.74, 6) is 1.19. The number of thiophene rings is 1. The van der Waals surface area contributed by atoms with Crippen LogP contribution in [-0.4, -0.2) is 22.4 Å². The number of aryl methyl sites for hydroxylation is 3. The zero-order chi connectivity index (χ0) is 22.8. The number of carbonyl (C=O) groups is 1. The van der Waals surface area contributed by atoms with Gasteiger partial charge in [-0.25, -0.2) is 4.98 Å². The highest BCUT2D eigenvalue weighted by Gasteiger charge is 2.18. The van der Waals surface area contributed by atoms with E-state index < -0.39 is 0 Å².